The minimum atomic E-state index is 0.379. The lowest BCUT2D eigenvalue weighted by molar-refractivity contribution is 0.435. The second kappa shape index (κ2) is 10.7. The van der Waals surface area contributed by atoms with Crippen LogP contribution in [0, 0.1) is 0 Å². The third kappa shape index (κ3) is 5.12. The van der Waals surface area contributed by atoms with Gasteiger partial charge in [-0.2, -0.15) is 0 Å². The summed E-state index contributed by atoms with van der Waals surface area (Å²) in [6.45, 7) is 0.970. The molecule has 0 spiro atoms. The third-order valence-corrected chi connectivity index (χ3v) is 9.26. The fourth-order valence-corrected chi connectivity index (χ4v) is 7.19. The topological polar surface area (TPSA) is 12.0 Å². The maximum Gasteiger partial charge on any atom is 0.0246 e. The van der Waals surface area contributed by atoms with Crippen molar-refractivity contribution in [2.24, 2.45) is 0 Å². The van der Waals surface area contributed by atoms with Crippen LogP contribution < -0.4 is 5.32 Å². The molecule has 3 aromatic rings. The Kier molecular flexibility index (Phi) is 7.05. The Morgan fingerprint density at radius 2 is 1.03 bits per heavy atom. The molecular weight excluding hydrogens is 422 g/mol. The average molecular weight is 464 g/mol. The maximum absolute atomic E-state index is 3.93. The van der Waals surface area contributed by atoms with Gasteiger partial charge in [0.15, 0.2) is 0 Å². The summed E-state index contributed by atoms with van der Waals surface area (Å²) in [7, 11) is 0. The standard InChI is InChI=1S/C34H41N/c1-3-9-25(10-4-1)27-15-19-29(20-16-27)34(33-23-31-13-7-8-14-32(31)24-35-33)30-21-17-28(18-22-30)26-11-5-2-6-12-26/h7-8,13-22,25-26,33-35H,1-6,9-12,23-24H2. The Morgan fingerprint density at radius 3 is 1.54 bits per heavy atom. The molecule has 2 aliphatic carbocycles. The van der Waals surface area contributed by atoms with E-state index in [1.165, 1.54) is 86.5 Å². The second-order valence-electron chi connectivity index (χ2n) is 11.4. The van der Waals surface area contributed by atoms with E-state index in [2.05, 4.69) is 78.1 Å². The van der Waals surface area contributed by atoms with Crippen molar-refractivity contribution in [1.29, 1.82) is 0 Å². The van der Waals surface area contributed by atoms with Gasteiger partial charge in [-0.25, -0.2) is 0 Å². The van der Waals surface area contributed by atoms with Crippen molar-refractivity contribution >= 4 is 0 Å². The van der Waals surface area contributed by atoms with Crippen molar-refractivity contribution in [1.82, 2.24) is 5.32 Å². The first-order chi connectivity index (χ1) is 17.3. The zero-order valence-electron chi connectivity index (χ0n) is 21.2. The van der Waals surface area contributed by atoms with E-state index < -0.39 is 0 Å². The van der Waals surface area contributed by atoms with Crippen molar-refractivity contribution in [2.75, 3.05) is 0 Å². The maximum atomic E-state index is 3.93. The highest BCUT2D eigenvalue weighted by Crippen LogP contribution is 2.38. The molecule has 182 valence electrons. The van der Waals surface area contributed by atoms with Gasteiger partial charge in [-0.1, -0.05) is 111 Å². The van der Waals surface area contributed by atoms with Crippen LogP contribution in [-0.2, 0) is 13.0 Å². The van der Waals surface area contributed by atoms with Crippen LogP contribution in [0.2, 0.25) is 0 Å². The first-order valence-corrected chi connectivity index (χ1v) is 14.3. The Balaban J connectivity index is 1.30. The molecular formula is C34H41N. The molecule has 0 bridgehead atoms. The lowest BCUT2D eigenvalue weighted by Gasteiger charge is -2.34. The number of fused-ring (bicyclic) bond motifs is 1. The molecule has 35 heavy (non-hydrogen) atoms. The van der Waals surface area contributed by atoms with Gasteiger partial charge in [0.1, 0.15) is 0 Å². The zero-order chi connectivity index (χ0) is 23.5. The summed E-state index contributed by atoms with van der Waals surface area (Å²) in [6.07, 6.45) is 15.0. The summed E-state index contributed by atoms with van der Waals surface area (Å²) in [5.41, 5.74) is 9.02. The molecule has 0 amide bonds. The van der Waals surface area contributed by atoms with Gasteiger partial charge in [-0.15, -0.1) is 0 Å². The van der Waals surface area contributed by atoms with Gasteiger partial charge in [0, 0.05) is 18.5 Å². The minimum absolute atomic E-state index is 0.379. The molecule has 3 aliphatic rings. The van der Waals surface area contributed by atoms with E-state index in [0.29, 0.717) is 12.0 Å². The number of hydrogen-bond donors (Lipinski definition) is 1. The first-order valence-electron chi connectivity index (χ1n) is 14.3. The van der Waals surface area contributed by atoms with Crippen LogP contribution in [-0.4, -0.2) is 6.04 Å². The molecule has 1 atom stereocenters. The smallest absolute Gasteiger partial charge is 0.0246 e. The van der Waals surface area contributed by atoms with Gasteiger partial charge in [0.05, 0.1) is 0 Å². The predicted octanol–water partition coefficient (Wildman–Crippen LogP) is 8.63. The Hall–Kier alpha value is -2.38. The summed E-state index contributed by atoms with van der Waals surface area (Å²) in [4.78, 5) is 0. The average Bonchev–Trinajstić information content (AvgIpc) is 2.95. The van der Waals surface area contributed by atoms with Gasteiger partial charge in [-0.05, 0) is 77.3 Å². The van der Waals surface area contributed by atoms with Crippen LogP contribution in [0.3, 0.4) is 0 Å². The number of rotatable bonds is 5. The van der Waals surface area contributed by atoms with Gasteiger partial charge >= 0.3 is 0 Å². The summed E-state index contributed by atoms with van der Waals surface area (Å²) >= 11 is 0. The second-order valence-corrected chi connectivity index (χ2v) is 11.4. The number of nitrogens with one attached hydrogen (secondary N) is 1. The Bertz CT molecular complexity index is 1020. The van der Waals surface area contributed by atoms with E-state index in [1.807, 2.05) is 0 Å². The summed E-state index contributed by atoms with van der Waals surface area (Å²) in [6, 6.07) is 29.0. The van der Waals surface area contributed by atoms with Crippen molar-refractivity contribution in [2.45, 2.75) is 101 Å². The minimum Gasteiger partial charge on any atom is -0.309 e. The quantitative estimate of drug-likeness (QED) is 0.399. The fraction of sp³-hybridized carbons (Fsp3) is 0.471. The van der Waals surface area contributed by atoms with Crippen molar-refractivity contribution in [3.8, 4) is 0 Å². The van der Waals surface area contributed by atoms with E-state index in [9.17, 15) is 0 Å². The van der Waals surface area contributed by atoms with Crippen LogP contribution in [0.4, 0.5) is 0 Å². The first kappa shape index (κ1) is 23.0. The Labute approximate surface area is 212 Å². The molecule has 2 fully saturated rings. The van der Waals surface area contributed by atoms with Crippen molar-refractivity contribution < 1.29 is 0 Å². The van der Waals surface area contributed by atoms with Crippen molar-refractivity contribution in [3.05, 3.63) is 106 Å². The molecule has 0 radical (unpaired) electrons. The van der Waals surface area contributed by atoms with E-state index in [-0.39, 0.29) is 0 Å². The van der Waals surface area contributed by atoms with E-state index in [1.54, 1.807) is 11.1 Å². The molecule has 1 N–H and O–H groups in total. The fourth-order valence-electron chi connectivity index (χ4n) is 7.19. The molecule has 3 aromatic carbocycles. The van der Waals surface area contributed by atoms with Gasteiger partial charge < -0.3 is 5.32 Å². The highest BCUT2D eigenvalue weighted by molar-refractivity contribution is 5.41. The molecule has 6 rings (SSSR count). The lowest BCUT2D eigenvalue weighted by atomic mass is 9.77. The largest absolute Gasteiger partial charge is 0.309 e. The van der Waals surface area contributed by atoms with Gasteiger partial charge in [0.25, 0.3) is 0 Å². The van der Waals surface area contributed by atoms with Crippen LogP contribution in [0.25, 0.3) is 0 Å². The van der Waals surface area contributed by atoms with Crippen LogP contribution in [0.5, 0.6) is 0 Å². The molecule has 1 nitrogen and oxygen atoms in total. The lowest BCUT2D eigenvalue weighted by Crippen LogP contribution is -2.40. The predicted molar refractivity (Wildman–Crippen MR) is 147 cm³/mol. The van der Waals surface area contributed by atoms with Crippen LogP contribution in [0.15, 0.2) is 72.8 Å². The molecule has 0 saturated heterocycles. The molecule has 2 saturated carbocycles. The molecule has 0 aromatic heterocycles. The number of hydrogen-bond acceptors (Lipinski definition) is 1. The summed E-state index contributed by atoms with van der Waals surface area (Å²) in [5.74, 6) is 1.92. The Morgan fingerprint density at radius 1 is 0.543 bits per heavy atom. The van der Waals surface area contributed by atoms with Crippen LogP contribution >= 0.6 is 0 Å². The summed E-state index contributed by atoms with van der Waals surface area (Å²) < 4.78 is 0. The molecule has 1 unspecified atom stereocenters. The SMILES string of the molecule is c1ccc2c(c1)CNC(C(c1ccc(C3CCCCC3)cc1)c1ccc(C3CCCCC3)cc1)C2. The van der Waals surface area contributed by atoms with Gasteiger partial charge in [0.2, 0.25) is 0 Å². The van der Waals surface area contributed by atoms with E-state index >= 15 is 0 Å². The molecule has 1 heterocycles. The van der Waals surface area contributed by atoms with Gasteiger partial charge in [-0.3, -0.25) is 0 Å². The summed E-state index contributed by atoms with van der Waals surface area (Å²) in [5, 5.41) is 3.93. The zero-order valence-corrected chi connectivity index (χ0v) is 21.2. The monoisotopic (exact) mass is 463 g/mol. The molecule has 1 heteroatoms. The normalized spacial score (nSPS) is 21.7. The number of benzene rings is 3. The van der Waals surface area contributed by atoms with E-state index in [4.69, 9.17) is 0 Å². The highest BCUT2D eigenvalue weighted by atomic mass is 14.9. The molecule has 1 aliphatic heterocycles. The van der Waals surface area contributed by atoms with Crippen molar-refractivity contribution in [3.63, 3.8) is 0 Å². The third-order valence-electron chi connectivity index (χ3n) is 9.26. The highest BCUT2D eigenvalue weighted by Gasteiger charge is 2.29. The van der Waals surface area contributed by atoms with Crippen LogP contribution in [0.1, 0.15) is 115 Å². The van der Waals surface area contributed by atoms with E-state index in [0.717, 1.165) is 24.8 Å².